The van der Waals surface area contributed by atoms with Crippen LogP contribution in [0, 0.1) is 11.3 Å². The lowest BCUT2D eigenvalue weighted by atomic mass is 10.1. The van der Waals surface area contributed by atoms with E-state index in [9.17, 15) is 5.26 Å². The minimum Gasteiger partial charge on any atom is -0.403 e. The zero-order valence-electron chi connectivity index (χ0n) is 13.4. The molecule has 0 bridgehead atoms. The van der Waals surface area contributed by atoms with Gasteiger partial charge in [-0.05, 0) is 32.5 Å². The number of rotatable bonds is 8. The van der Waals surface area contributed by atoms with Gasteiger partial charge < -0.3 is 4.43 Å². The summed E-state index contributed by atoms with van der Waals surface area (Å²) in [7, 11) is -3.34. The molecule has 0 aromatic heterocycles. The highest BCUT2D eigenvalue weighted by molar-refractivity contribution is 6.81. The predicted molar refractivity (Wildman–Crippen MR) is 84.9 cm³/mol. The summed E-state index contributed by atoms with van der Waals surface area (Å²) >= 11 is 0. The number of unbranched alkanes of at least 4 members (excludes halogenated alkanes) is 3. The fraction of sp³-hybridized carbons (Fsp3) is 0.929. The second-order valence-corrected chi connectivity index (χ2v) is 17.0. The van der Waals surface area contributed by atoms with Gasteiger partial charge in [-0.1, -0.05) is 45.8 Å². The van der Waals surface area contributed by atoms with Crippen LogP contribution < -0.4 is 0 Å². The third kappa shape index (κ3) is 5.68. The lowest BCUT2D eigenvalue weighted by Crippen LogP contribution is -2.57. The van der Waals surface area contributed by atoms with E-state index in [1.807, 2.05) is 0 Å². The first-order chi connectivity index (χ1) is 8.08. The van der Waals surface area contributed by atoms with E-state index in [1.54, 1.807) is 0 Å². The van der Waals surface area contributed by atoms with E-state index in [0.29, 0.717) is 0 Å². The minimum absolute atomic E-state index is 0.481. The molecule has 0 rings (SSSR count). The van der Waals surface area contributed by atoms with Crippen LogP contribution in [-0.2, 0) is 4.43 Å². The molecule has 0 aliphatic carbocycles. The summed E-state index contributed by atoms with van der Waals surface area (Å²) in [5.41, 5.74) is 0. The highest BCUT2D eigenvalue weighted by Crippen LogP contribution is 2.33. The first-order valence-corrected chi connectivity index (χ1v) is 14.1. The van der Waals surface area contributed by atoms with Crippen molar-refractivity contribution in [2.24, 2.45) is 0 Å². The van der Waals surface area contributed by atoms with Crippen LogP contribution in [-0.4, -0.2) is 21.6 Å². The molecule has 4 heteroatoms. The zero-order chi connectivity index (χ0) is 14.4. The molecule has 0 amide bonds. The largest absolute Gasteiger partial charge is 0.403 e. The maximum absolute atomic E-state index is 9.71. The highest BCUT2D eigenvalue weighted by Gasteiger charge is 2.46. The van der Waals surface area contributed by atoms with E-state index < -0.39 is 21.6 Å². The molecule has 106 valence electrons. The van der Waals surface area contributed by atoms with E-state index in [-0.39, 0.29) is 0 Å². The molecule has 0 saturated heterocycles. The average molecular weight is 286 g/mol. The summed E-state index contributed by atoms with van der Waals surface area (Å²) in [6.07, 6.45) is 5.76. The van der Waals surface area contributed by atoms with Gasteiger partial charge in [0.2, 0.25) is 0 Å². The quantitative estimate of drug-likeness (QED) is 0.467. The lowest BCUT2D eigenvalue weighted by molar-refractivity contribution is 0.178. The first kappa shape index (κ1) is 17.9. The molecule has 1 atom stereocenters. The molecule has 0 aromatic rings. The normalized spacial score (nSPS) is 16.1. The number of nitrogens with zero attached hydrogens (tertiary/aromatic N) is 1. The van der Waals surface area contributed by atoms with E-state index >= 15 is 0 Å². The molecule has 0 aliphatic heterocycles. The summed E-state index contributed by atoms with van der Waals surface area (Å²) in [6, 6.07) is 2.56. The molecule has 0 aromatic carbocycles. The van der Waals surface area contributed by atoms with Gasteiger partial charge in [-0.25, -0.2) is 0 Å². The van der Waals surface area contributed by atoms with Crippen molar-refractivity contribution < 1.29 is 4.43 Å². The molecule has 1 unspecified atom stereocenters. The molecule has 18 heavy (non-hydrogen) atoms. The predicted octanol–water partition coefficient (Wildman–Crippen LogP) is 4.95. The fourth-order valence-corrected chi connectivity index (χ4v) is 6.75. The second kappa shape index (κ2) is 6.88. The maximum atomic E-state index is 9.71. The zero-order valence-corrected chi connectivity index (χ0v) is 15.4. The van der Waals surface area contributed by atoms with Crippen molar-refractivity contribution >= 4 is 16.4 Å². The molecule has 0 aliphatic rings. The van der Waals surface area contributed by atoms with Gasteiger partial charge in [0.05, 0.1) is 14.1 Å². The van der Waals surface area contributed by atoms with Gasteiger partial charge in [0.25, 0.3) is 0 Å². The third-order valence-electron chi connectivity index (χ3n) is 3.25. The number of hydrogen-bond donors (Lipinski definition) is 0. The first-order valence-electron chi connectivity index (χ1n) is 7.19. The standard InChI is InChI=1S/C14H31NOSi2/c1-8-9-10-11-12-14(13-15,17(2,3)4)16-18(5,6)7/h8-12H2,1-7H3. The van der Waals surface area contributed by atoms with E-state index in [2.05, 4.69) is 52.3 Å². The van der Waals surface area contributed by atoms with Crippen molar-refractivity contribution in [3.63, 3.8) is 0 Å². The van der Waals surface area contributed by atoms with Crippen molar-refractivity contribution in [3.8, 4) is 6.07 Å². The molecule has 0 N–H and O–H groups in total. The van der Waals surface area contributed by atoms with Crippen LogP contribution in [0.15, 0.2) is 0 Å². The molecule has 0 radical (unpaired) electrons. The molecular weight excluding hydrogens is 254 g/mol. The van der Waals surface area contributed by atoms with Crippen molar-refractivity contribution in [1.82, 2.24) is 0 Å². The average Bonchev–Trinajstić information content (AvgIpc) is 2.19. The SMILES string of the molecule is CCCCCCC(C#N)(O[Si](C)(C)C)[Si](C)(C)C. The topological polar surface area (TPSA) is 33.0 Å². The van der Waals surface area contributed by atoms with Gasteiger partial charge in [-0.15, -0.1) is 0 Å². The monoisotopic (exact) mass is 285 g/mol. The van der Waals surface area contributed by atoms with Gasteiger partial charge in [0.1, 0.15) is 5.22 Å². The van der Waals surface area contributed by atoms with Crippen LogP contribution in [0.2, 0.25) is 39.3 Å². The molecule has 0 saturated carbocycles. The van der Waals surface area contributed by atoms with Crippen molar-refractivity contribution in [2.45, 2.75) is 83.5 Å². The van der Waals surface area contributed by atoms with Crippen molar-refractivity contribution in [2.75, 3.05) is 0 Å². The molecule has 2 nitrogen and oxygen atoms in total. The van der Waals surface area contributed by atoms with Gasteiger partial charge >= 0.3 is 0 Å². The van der Waals surface area contributed by atoms with Crippen LogP contribution in [0.5, 0.6) is 0 Å². The molecule has 0 heterocycles. The smallest absolute Gasteiger partial charge is 0.185 e. The Kier molecular flexibility index (Phi) is 6.83. The Labute approximate surface area is 116 Å². The highest BCUT2D eigenvalue weighted by atomic mass is 28.4. The summed E-state index contributed by atoms with van der Waals surface area (Å²) in [5, 5.41) is 9.23. The Bertz CT molecular complexity index is 286. The molecule has 0 fully saturated rings. The Balaban J connectivity index is 4.86. The van der Waals surface area contributed by atoms with E-state index in [4.69, 9.17) is 4.43 Å². The van der Waals surface area contributed by atoms with E-state index in [0.717, 1.165) is 12.8 Å². The van der Waals surface area contributed by atoms with Gasteiger partial charge in [-0.3, -0.25) is 0 Å². The fourth-order valence-electron chi connectivity index (χ4n) is 2.15. The van der Waals surface area contributed by atoms with Crippen LogP contribution in [0.3, 0.4) is 0 Å². The van der Waals surface area contributed by atoms with Gasteiger partial charge in [-0.2, -0.15) is 5.26 Å². The van der Waals surface area contributed by atoms with Gasteiger partial charge in [0, 0.05) is 0 Å². The Hall–Kier alpha value is -0.116. The third-order valence-corrected chi connectivity index (χ3v) is 7.31. The number of nitriles is 1. The Morgan fingerprint density at radius 3 is 1.89 bits per heavy atom. The molecule has 0 spiro atoms. The van der Waals surface area contributed by atoms with Crippen LogP contribution in [0.1, 0.15) is 39.0 Å². The van der Waals surface area contributed by atoms with Gasteiger partial charge in [0.15, 0.2) is 8.32 Å². The Morgan fingerprint density at radius 1 is 1.00 bits per heavy atom. The van der Waals surface area contributed by atoms with E-state index in [1.165, 1.54) is 19.3 Å². The minimum atomic E-state index is -1.68. The maximum Gasteiger partial charge on any atom is 0.185 e. The molecular formula is C14H31NOSi2. The summed E-state index contributed by atoms with van der Waals surface area (Å²) in [4.78, 5) is 0. The second-order valence-electron chi connectivity index (χ2n) is 7.21. The van der Waals surface area contributed by atoms with Crippen LogP contribution >= 0.6 is 0 Å². The van der Waals surface area contributed by atoms with Crippen molar-refractivity contribution in [3.05, 3.63) is 0 Å². The number of hydrogen-bond acceptors (Lipinski definition) is 2. The lowest BCUT2D eigenvalue weighted by Gasteiger charge is -2.42. The van der Waals surface area contributed by atoms with Crippen LogP contribution in [0.25, 0.3) is 0 Å². The van der Waals surface area contributed by atoms with Crippen molar-refractivity contribution in [1.29, 1.82) is 5.26 Å². The Morgan fingerprint density at radius 2 is 1.56 bits per heavy atom. The summed E-state index contributed by atoms with van der Waals surface area (Å²) < 4.78 is 6.36. The van der Waals surface area contributed by atoms with Crippen LogP contribution in [0.4, 0.5) is 0 Å². The summed E-state index contributed by atoms with van der Waals surface area (Å²) in [6.45, 7) is 15.6. The summed E-state index contributed by atoms with van der Waals surface area (Å²) in [5.74, 6) is 0.